The van der Waals surface area contributed by atoms with Crippen molar-refractivity contribution in [2.45, 2.75) is 25.1 Å². The number of hydrogen-bond acceptors (Lipinski definition) is 5. The molecule has 7 heteroatoms. The number of fused-ring (bicyclic) bond motifs is 1. The van der Waals surface area contributed by atoms with Crippen molar-refractivity contribution in [1.82, 2.24) is 14.5 Å². The lowest BCUT2D eigenvalue weighted by Crippen LogP contribution is -2.30. The standard InChI is InChI=1S/C18H18FN3O3/c19-13-5-3-12(4-6-13)15-10-14(23)11-21(15)8-9-22-17-16(25-18(22)24)2-1-7-20-17/h1-7,14-15,23H,8-11H2/t14-,15-/m1/s1. The van der Waals surface area contributed by atoms with Crippen LogP contribution in [0.4, 0.5) is 4.39 Å². The Bertz CT molecular complexity index is 935. The number of benzene rings is 1. The molecule has 0 saturated carbocycles. The molecule has 0 radical (unpaired) electrons. The number of hydrogen-bond donors (Lipinski definition) is 1. The number of β-amino-alcohol motifs (C(OH)–C–C–N with tert-alkyl or cyclic N) is 1. The number of aliphatic hydroxyl groups is 1. The molecule has 2 aromatic heterocycles. The van der Waals surface area contributed by atoms with E-state index in [1.807, 2.05) is 0 Å². The van der Waals surface area contributed by atoms with Crippen LogP contribution in [-0.2, 0) is 6.54 Å². The molecule has 1 N–H and O–H groups in total. The predicted octanol–water partition coefficient (Wildman–Crippen LogP) is 1.94. The summed E-state index contributed by atoms with van der Waals surface area (Å²) in [6, 6.07) is 9.76. The van der Waals surface area contributed by atoms with Gasteiger partial charge >= 0.3 is 5.76 Å². The Morgan fingerprint density at radius 3 is 2.84 bits per heavy atom. The summed E-state index contributed by atoms with van der Waals surface area (Å²) in [7, 11) is 0. The molecule has 0 unspecified atom stereocenters. The van der Waals surface area contributed by atoms with Gasteiger partial charge in [0, 0.05) is 31.9 Å². The number of rotatable bonds is 4. The maximum Gasteiger partial charge on any atom is 0.421 e. The van der Waals surface area contributed by atoms with Gasteiger partial charge in [0.2, 0.25) is 0 Å². The van der Waals surface area contributed by atoms with Crippen molar-refractivity contribution in [2.24, 2.45) is 0 Å². The monoisotopic (exact) mass is 343 g/mol. The van der Waals surface area contributed by atoms with Gasteiger partial charge in [-0.1, -0.05) is 12.1 Å². The smallest absolute Gasteiger partial charge is 0.406 e. The zero-order valence-electron chi connectivity index (χ0n) is 13.5. The van der Waals surface area contributed by atoms with Gasteiger partial charge in [0.1, 0.15) is 5.82 Å². The quantitative estimate of drug-likeness (QED) is 0.784. The van der Waals surface area contributed by atoms with Crippen LogP contribution in [0.5, 0.6) is 0 Å². The molecular formula is C18H18FN3O3. The maximum atomic E-state index is 13.2. The lowest BCUT2D eigenvalue weighted by Gasteiger charge is -2.24. The molecule has 0 bridgehead atoms. The van der Waals surface area contributed by atoms with Crippen molar-refractivity contribution in [2.75, 3.05) is 13.1 Å². The summed E-state index contributed by atoms with van der Waals surface area (Å²) in [5.74, 6) is -0.719. The second-order valence-corrected chi connectivity index (χ2v) is 6.30. The summed E-state index contributed by atoms with van der Waals surface area (Å²) in [6.45, 7) is 1.48. The molecule has 1 fully saturated rings. The molecule has 6 nitrogen and oxygen atoms in total. The molecule has 25 heavy (non-hydrogen) atoms. The van der Waals surface area contributed by atoms with Crippen LogP contribution in [0, 0.1) is 5.82 Å². The number of oxazole rings is 1. The van der Waals surface area contributed by atoms with Crippen molar-refractivity contribution in [3.63, 3.8) is 0 Å². The summed E-state index contributed by atoms with van der Waals surface area (Å²) in [5.41, 5.74) is 1.94. The van der Waals surface area contributed by atoms with E-state index in [-0.39, 0.29) is 11.9 Å². The third-order valence-electron chi connectivity index (χ3n) is 4.67. The van der Waals surface area contributed by atoms with Crippen LogP contribution in [0.25, 0.3) is 11.2 Å². The molecule has 1 saturated heterocycles. The highest BCUT2D eigenvalue weighted by atomic mass is 19.1. The highest BCUT2D eigenvalue weighted by molar-refractivity contribution is 5.67. The SMILES string of the molecule is O=c1oc2cccnc2n1CCN1C[C@H](O)C[C@@H]1c1ccc(F)cc1. The Hall–Kier alpha value is -2.51. The van der Waals surface area contributed by atoms with Crippen molar-refractivity contribution < 1.29 is 13.9 Å². The van der Waals surface area contributed by atoms with E-state index in [1.165, 1.54) is 16.7 Å². The Morgan fingerprint density at radius 2 is 2.04 bits per heavy atom. The number of pyridine rings is 1. The van der Waals surface area contributed by atoms with Crippen molar-refractivity contribution in [3.8, 4) is 0 Å². The largest absolute Gasteiger partial charge is 0.421 e. The fourth-order valence-corrected chi connectivity index (χ4v) is 3.48. The van der Waals surface area contributed by atoms with Gasteiger partial charge in [-0.2, -0.15) is 0 Å². The topological polar surface area (TPSA) is 71.5 Å². The molecule has 0 aliphatic carbocycles. The molecule has 1 aromatic carbocycles. The van der Waals surface area contributed by atoms with Crippen LogP contribution in [-0.4, -0.2) is 38.8 Å². The minimum Gasteiger partial charge on any atom is -0.406 e. The first-order chi connectivity index (χ1) is 12.1. The molecule has 0 spiro atoms. The number of aliphatic hydroxyl groups excluding tert-OH is 1. The second kappa shape index (κ2) is 6.42. The normalized spacial score (nSPS) is 21.2. The molecule has 1 aliphatic heterocycles. The predicted molar refractivity (Wildman–Crippen MR) is 89.6 cm³/mol. The number of nitrogens with zero attached hydrogens (tertiary/aromatic N) is 3. The molecule has 3 heterocycles. The first-order valence-corrected chi connectivity index (χ1v) is 8.24. The molecule has 0 amide bonds. The number of likely N-dealkylation sites (tertiary alicyclic amines) is 1. The molecular weight excluding hydrogens is 325 g/mol. The molecule has 2 atom stereocenters. The van der Waals surface area contributed by atoms with Gasteiger partial charge in [-0.15, -0.1) is 0 Å². The molecule has 4 rings (SSSR count). The zero-order valence-corrected chi connectivity index (χ0v) is 13.5. The lowest BCUT2D eigenvalue weighted by atomic mass is 10.0. The molecule has 3 aromatic rings. The first-order valence-electron chi connectivity index (χ1n) is 8.24. The van der Waals surface area contributed by atoms with E-state index >= 15 is 0 Å². The minimum absolute atomic E-state index is 0.00238. The van der Waals surface area contributed by atoms with Crippen LogP contribution in [0.2, 0.25) is 0 Å². The highest BCUT2D eigenvalue weighted by Crippen LogP contribution is 2.32. The fourth-order valence-electron chi connectivity index (χ4n) is 3.48. The van der Waals surface area contributed by atoms with Crippen molar-refractivity contribution >= 4 is 11.2 Å². The van der Waals surface area contributed by atoms with Gasteiger partial charge in [-0.3, -0.25) is 9.47 Å². The van der Waals surface area contributed by atoms with Crippen LogP contribution < -0.4 is 5.76 Å². The van der Waals surface area contributed by atoms with Gasteiger partial charge in [-0.25, -0.2) is 14.2 Å². The van der Waals surface area contributed by atoms with E-state index in [1.54, 1.807) is 30.5 Å². The van der Waals surface area contributed by atoms with E-state index in [2.05, 4.69) is 9.88 Å². The van der Waals surface area contributed by atoms with Crippen LogP contribution in [0.1, 0.15) is 18.0 Å². The summed E-state index contributed by atoms with van der Waals surface area (Å²) in [6.07, 6.45) is 1.77. The van der Waals surface area contributed by atoms with E-state index in [0.29, 0.717) is 37.3 Å². The average Bonchev–Trinajstić information content (AvgIpc) is 3.13. The number of halogens is 1. The Balaban J connectivity index is 1.55. The molecule has 1 aliphatic rings. The van der Waals surface area contributed by atoms with Gasteiger partial charge < -0.3 is 9.52 Å². The Morgan fingerprint density at radius 1 is 1.24 bits per heavy atom. The highest BCUT2D eigenvalue weighted by Gasteiger charge is 2.32. The van der Waals surface area contributed by atoms with Crippen molar-refractivity contribution in [3.05, 3.63) is 64.5 Å². The summed E-state index contributed by atoms with van der Waals surface area (Å²) < 4.78 is 19.9. The fraction of sp³-hybridized carbons (Fsp3) is 0.333. The number of aromatic nitrogens is 2. The average molecular weight is 343 g/mol. The lowest BCUT2D eigenvalue weighted by molar-refractivity contribution is 0.173. The van der Waals surface area contributed by atoms with Gasteiger partial charge in [0.15, 0.2) is 11.2 Å². The van der Waals surface area contributed by atoms with E-state index in [9.17, 15) is 14.3 Å². The second-order valence-electron chi connectivity index (χ2n) is 6.30. The zero-order chi connectivity index (χ0) is 17.4. The van der Waals surface area contributed by atoms with Gasteiger partial charge in [-0.05, 0) is 36.2 Å². The summed E-state index contributed by atoms with van der Waals surface area (Å²) in [4.78, 5) is 18.4. The van der Waals surface area contributed by atoms with Gasteiger partial charge in [0.05, 0.1) is 6.10 Å². The van der Waals surface area contributed by atoms with Crippen LogP contribution >= 0.6 is 0 Å². The van der Waals surface area contributed by atoms with E-state index < -0.39 is 11.9 Å². The van der Waals surface area contributed by atoms with E-state index in [0.717, 1.165) is 5.56 Å². The third-order valence-corrected chi connectivity index (χ3v) is 4.67. The summed E-state index contributed by atoms with van der Waals surface area (Å²) >= 11 is 0. The van der Waals surface area contributed by atoms with Crippen molar-refractivity contribution in [1.29, 1.82) is 0 Å². The Labute approximate surface area is 143 Å². The van der Waals surface area contributed by atoms with Crippen LogP contribution in [0.3, 0.4) is 0 Å². The van der Waals surface area contributed by atoms with Gasteiger partial charge in [0.25, 0.3) is 0 Å². The summed E-state index contributed by atoms with van der Waals surface area (Å²) in [5, 5.41) is 10.1. The van der Waals surface area contributed by atoms with E-state index in [4.69, 9.17) is 4.42 Å². The first kappa shape index (κ1) is 16.0. The Kier molecular flexibility index (Phi) is 4.10. The third kappa shape index (κ3) is 3.08. The maximum absolute atomic E-state index is 13.2. The molecule has 130 valence electrons. The minimum atomic E-state index is -0.439. The van der Waals surface area contributed by atoms with Crippen LogP contribution in [0.15, 0.2) is 51.8 Å².